The molecule has 2 heterocycles. The smallest absolute Gasteiger partial charge is 0.0235 e. The van der Waals surface area contributed by atoms with Crippen molar-refractivity contribution in [3.63, 3.8) is 0 Å². The molecule has 0 radical (unpaired) electrons. The fraction of sp³-hybridized carbons (Fsp3) is 1.00. The van der Waals surface area contributed by atoms with E-state index >= 15 is 0 Å². The largest absolute Gasteiger partial charge is 0.330 e. The number of nitrogens with zero attached hydrogens (tertiary/aromatic N) is 2. The lowest BCUT2D eigenvalue weighted by Gasteiger charge is -2.32. The van der Waals surface area contributed by atoms with E-state index in [1.807, 2.05) is 0 Å². The standard InChI is InChI=1S/C13H27N3/c1-12(9-14)10-15-8-5-13(11-15)16-6-3-2-4-7-16/h12-13H,2-11,14H2,1H3. The van der Waals surface area contributed by atoms with Crippen LogP contribution in [0, 0.1) is 5.92 Å². The number of hydrogen-bond acceptors (Lipinski definition) is 3. The lowest BCUT2D eigenvalue weighted by molar-refractivity contribution is 0.159. The quantitative estimate of drug-likeness (QED) is 0.779. The van der Waals surface area contributed by atoms with E-state index in [1.54, 1.807) is 0 Å². The van der Waals surface area contributed by atoms with Crippen molar-refractivity contribution in [2.24, 2.45) is 11.7 Å². The third kappa shape index (κ3) is 3.19. The lowest BCUT2D eigenvalue weighted by atomic mass is 10.1. The molecule has 2 aliphatic rings. The van der Waals surface area contributed by atoms with Crippen molar-refractivity contribution in [3.05, 3.63) is 0 Å². The van der Waals surface area contributed by atoms with E-state index in [1.165, 1.54) is 58.4 Å². The molecule has 2 unspecified atom stereocenters. The summed E-state index contributed by atoms with van der Waals surface area (Å²) in [6.07, 6.45) is 5.64. The van der Waals surface area contributed by atoms with Crippen LogP contribution in [0.3, 0.4) is 0 Å². The summed E-state index contributed by atoms with van der Waals surface area (Å²) < 4.78 is 0. The van der Waals surface area contributed by atoms with E-state index in [9.17, 15) is 0 Å². The third-order valence-corrected chi connectivity index (χ3v) is 4.13. The second-order valence-electron chi connectivity index (χ2n) is 5.64. The van der Waals surface area contributed by atoms with Gasteiger partial charge in [0.05, 0.1) is 0 Å². The van der Waals surface area contributed by atoms with Gasteiger partial charge in [-0.1, -0.05) is 13.3 Å². The van der Waals surface area contributed by atoms with Gasteiger partial charge >= 0.3 is 0 Å². The number of hydrogen-bond donors (Lipinski definition) is 1. The highest BCUT2D eigenvalue weighted by Crippen LogP contribution is 2.20. The van der Waals surface area contributed by atoms with Crippen molar-refractivity contribution in [2.75, 3.05) is 39.3 Å². The summed E-state index contributed by atoms with van der Waals surface area (Å²) in [6.45, 7) is 9.52. The Morgan fingerprint density at radius 3 is 2.62 bits per heavy atom. The van der Waals surface area contributed by atoms with Crippen LogP contribution < -0.4 is 5.73 Å². The Hall–Kier alpha value is -0.120. The first kappa shape index (κ1) is 12.3. The van der Waals surface area contributed by atoms with Crippen LogP contribution in [0.2, 0.25) is 0 Å². The maximum atomic E-state index is 5.69. The molecule has 2 fully saturated rings. The molecule has 0 amide bonds. The fourth-order valence-corrected chi connectivity index (χ4v) is 3.07. The summed E-state index contributed by atoms with van der Waals surface area (Å²) in [6, 6.07) is 0.838. The molecule has 0 aromatic rings. The van der Waals surface area contributed by atoms with Crippen LogP contribution >= 0.6 is 0 Å². The normalized spacial score (nSPS) is 30.8. The second kappa shape index (κ2) is 5.99. The minimum atomic E-state index is 0.653. The number of nitrogens with two attached hydrogens (primary N) is 1. The number of rotatable bonds is 4. The molecule has 0 bridgehead atoms. The zero-order chi connectivity index (χ0) is 11.4. The minimum absolute atomic E-state index is 0.653. The molecule has 0 aromatic heterocycles. The van der Waals surface area contributed by atoms with Crippen LogP contribution in [0.25, 0.3) is 0 Å². The number of piperidine rings is 1. The first-order valence-corrected chi connectivity index (χ1v) is 6.96. The summed E-state index contributed by atoms with van der Waals surface area (Å²) in [5, 5.41) is 0. The van der Waals surface area contributed by atoms with E-state index in [-0.39, 0.29) is 0 Å². The maximum absolute atomic E-state index is 5.69. The first-order chi connectivity index (χ1) is 7.79. The predicted molar refractivity (Wildman–Crippen MR) is 68.5 cm³/mol. The van der Waals surface area contributed by atoms with Crippen LogP contribution in [-0.2, 0) is 0 Å². The third-order valence-electron chi connectivity index (χ3n) is 4.13. The molecule has 2 N–H and O–H groups in total. The molecule has 0 aromatic carbocycles. The number of likely N-dealkylation sites (tertiary alicyclic amines) is 2. The second-order valence-corrected chi connectivity index (χ2v) is 5.64. The molecule has 94 valence electrons. The first-order valence-electron chi connectivity index (χ1n) is 6.96. The Balaban J connectivity index is 1.74. The molecule has 0 saturated carbocycles. The summed E-state index contributed by atoms with van der Waals surface area (Å²) >= 11 is 0. The van der Waals surface area contributed by atoms with Crippen LogP contribution in [0.1, 0.15) is 32.6 Å². The van der Waals surface area contributed by atoms with Gasteiger partial charge in [-0.3, -0.25) is 4.90 Å². The molecule has 2 aliphatic heterocycles. The van der Waals surface area contributed by atoms with E-state index in [0.29, 0.717) is 5.92 Å². The van der Waals surface area contributed by atoms with Crippen LogP contribution in [-0.4, -0.2) is 55.1 Å². The van der Waals surface area contributed by atoms with Gasteiger partial charge in [-0.25, -0.2) is 0 Å². The highest BCUT2D eigenvalue weighted by molar-refractivity contribution is 4.85. The average Bonchev–Trinajstić information content (AvgIpc) is 2.78. The van der Waals surface area contributed by atoms with Gasteiger partial charge in [0.1, 0.15) is 0 Å². The summed E-state index contributed by atoms with van der Waals surface area (Å²) in [7, 11) is 0. The molecular formula is C13H27N3. The Bertz CT molecular complexity index is 201. The predicted octanol–water partition coefficient (Wildman–Crippen LogP) is 1.14. The molecule has 0 aliphatic carbocycles. The minimum Gasteiger partial charge on any atom is -0.330 e. The van der Waals surface area contributed by atoms with Crippen molar-refractivity contribution < 1.29 is 0 Å². The summed E-state index contributed by atoms with van der Waals surface area (Å²) in [5.74, 6) is 0.653. The van der Waals surface area contributed by atoms with Gasteiger partial charge in [-0.2, -0.15) is 0 Å². The van der Waals surface area contributed by atoms with Crippen molar-refractivity contribution in [3.8, 4) is 0 Å². The van der Waals surface area contributed by atoms with Crippen LogP contribution in [0.4, 0.5) is 0 Å². The van der Waals surface area contributed by atoms with Gasteiger partial charge in [-0.15, -0.1) is 0 Å². The van der Waals surface area contributed by atoms with Crippen molar-refractivity contribution in [1.82, 2.24) is 9.80 Å². The molecule has 2 rings (SSSR count). The van der Waals surface area contributed by atoms with Gasteiger partial charge in [0.2, 0.25) is 0 Å². The van der Waals surface area contributed by atoms with Gasteiger partial charge in [0.15, 0.2) is 0 Å². The van der Waals surface area contributed by atoms with Gasteiger partial charge < -0.3 is 10.6 Å². The Kier molecular flexibility index (Phi) is 4.62. The van der Waals surface area contributed by atoms with Gasteiger partial charge in [-0.05, 0) is 51.4 Å². The molecular weight excluding hydrogens is 198 g/mol. The molecule has 3 heteroatoms. The van der Waals surface area contributed by atoms with Crippen molar-refractivity contribution in [2.45, 2.75) is 38.6 Å². The van der Waals surface area contributed by atoms with E-state index in [0.717, 1.165) is 12.6 Å². The maximum Gasteiger partial charge on any atom is 0.0235 e. The topological polar surface area (TPSA) is 32.5 Å². The Labute approximate surface area is 100.0 Å². The van der Waals surface area contributed by atoms with E-state index < -0.39 is 0 Å². The molecule has 3 nitrogen and oxygen atoms in total. The SMILES string of the molecule is CC(CN)CN1CCC(N2CCCCC2)C1. The molecule has 16 heavy (non-hydrogen) atoms. The van der Waals surface area contributed by atoms with Crippen LogP contribution in [0.15, 0.2) is 0 Å². The lowest BCUT2D eigenvalue weighted by Crippen LogP contribution is -2.41. The van der Waals surface area contributed by atoms with Crippen molar-refractivity contribution in [1.29, 1.82) is 0 Å². The van der Waals surface area contributed by atoms with Gasteiger partial charge in [0, 0.05) is 19.1 Å². The van der Waals surface area contributed by atoms with E-state index in [4.69, 9.17) is 5.73 Å². The molecule has 2 atom stereocenters. The van der Waals surface area contributed by atoms with Gasteiger partial charge in [0.25, 0.3) is 0 Å². The highest BCUT2D eigenvalue weighted by atomic mass is 15.3. The zero-order valence-corrected chi connectivity index (χ0v) is 10.7. The summed E-state index contributed by atoms with van der Waals surface area (Å²) in [4.78, 5) is 5.33. The monoisotopic (exact) mass is 225 g/mol. The summed E-state index contributed by atoms with van der Waals surface area (Å²) in [5.41, 5.74) is 5.69. The van der Waals surface area contributed by atoms with Crippen LogP contribution in [0.5, 0.6) is 0 Å². The highest BCUT2D eigenvalue weighted by Gasteiger charge is 2.28. The molecule has 2 saturated heterocycles. The van der Waals surface area contributed by atoms with Crippen molar-refractivity contribution >= 4 is 0 Å². The fourth-order valence-electron chi connectivity index (χ4n) is 3.07. The average molecular weight is 225 g/mol. The Morgan fingerprint density at radius 2 is 1.94 bits per heavy atom. The molecule has 0 spiro atoms. The van der Waals surface area contributed by atoms with E-state index in [2.05, 4.69) is 16.7 Å². The Morgan fingerprint density at radius 1 is 1.19 bits per heavy atom. The zero-order valence-electron chi connectivity index (χ0n) is 10.7.